The van der Waals surface area contributed by atoms with E-state index in [-0.39, 0.29) is 29.5 Å². The van der Waals surface area contributed by atoms with E-state index < -0.39 is 5.91 Å². The zero-order valence-corrected chi connectivity index (χ0v) is 15.0. The number of aromatic nitrogens is 1. The van der Waals surface area contributed by atoms with Crippen molar-refractivity contribution in [3.05, 3.63) is 82.9 Å². The summed E-state index contributed by atoms with van der Waals surface area (Å²) in [4.78, 5) is 24.1. The summed E-state index contributed by atoms with van der Waals surface area (Å²) in [5.41, 5.74) is 8.40. The number of aryl methyl sites for hydroxylation is 1. The molecule has 3 aromatic rings. The summed E-state index contributed by atoms with van der Waals surface area (Å²) in [6.07, 6.45) is 0. The van der Waals surface area contributed by atoms with Crippen molar-refractivity contribution in [2.45, 2.75) is 13.8 Å². The molecule has 27 heavy (non-hydrogen) atoms. The predicted octanol–water partition coefficient (Wildman–Crippen LogP) is 3.59. The Kier molecular flexibility index (Phi) is 5.07. The number of hydrogen-bond donors (Lipinski definition) is 1. The van der Waals surface area contributed by atoms with Crippen LogP contribution in [0.25, 0.3) is 5.69 Å². The highest BCUT2D eigenvalue weighted by Gasteiger charge is 2.18. The third-order valence-corrected chi connectivity index (χ3v) is 4.33. The van der Waals surface area contributed by atoms with Gasteiger partial charge in [0.25, 0.3) is 5.91 Å². The van der Waals surface area contributed by atoms with Gasteiger partial charge in [0.15, 0.2) is 6.61 Å². The number of nitrogens with zero attached hydrogens (tertiary/aromatic N) is 1. The van der Waals surface area contributed by atoms with Gasteiger partial charge in [0.05, 0.1) is 5.56 Å². The normalized spacial score (nSPS) is 10.6. The molecule has 0 saturated heterocycles. The molecule has 1 amide bonds. The van der Waals surface area contributed by atoms with Gasteiger partial charge in [-0.3, -0.25) is 9.59 Å². The van der Waals surface area contributed by atoms with Crippen molar-refractivity contribution in [2.24, 2.45) is 5.73 Å². The van der Waals surface area contributed by atoms with E-state index in [4.69, 9.17) is 10.5 Å². The SMILES string of the molecule is Cc1cc(C(=O)COc2ccccc2C(N)=O)c(C)n1-c1ccc(F)cc1. The number of ketones is 1. The van der Waals surface area contributed by atoms with Crippen LogP contribution in [-0.4, -0.2) is 22.9 Å². The van der Waals surface area contributed by atoms with E-state index in [9.17, 15) is 14.0 Å². The smallest absolute Gasteiger partial charge is 0.252 e. The molecule has 1 aromatic heterocycles. The molecule has 0 aliphatic rings. The third kappa shape index (κ3) is 3.74. The molecule has 0 unspecified atom stereocenters. The molecule has 0 atom stereocenters. The Labute approximate surface area is 156 Å². The average molecular weight is 366 g/mol. The molecule has 6 heteroatoms. The Morgan fingerprint density at radius 3 is 2.37 bits per heavy atom. The van der Waals surface area contributed by atoms with Gasteiger partial charge in [-0.25, -0.2) is 4.39 Å². The lowest BCUT2D eigenvalue weighted by Crippen LogP contribution is -2.17. The monoisotopic (exact) mass is 366 g/mol. The van der Waals surface area contributed by atoms with Crippen molar-refractivity contribution in [3.8, 4) is 11.4 Å². The number of halogens is 1. The lowest BCUT2D eigenvalue weighted by molar-refractivity contribution is 0.0911. The Morgan fingerprint density at radius 1 is 1.04 bits per heavy atom. The maximum absolute atomic E-state index is 13.2. The minimum atomic E-state index is -0.618. The first kappa shape index (κ1) is 18.4. The van der Waals surface area contributed by atoms with Crippen molar-refractivity contribution in [2.75, 3.05) is 6.61 Å². The second kappa shape index (κ2) is 7.45. The van der Waals surface area contributed by atoms with Crippen LogP contribution in [0.15, 0.2) is 54.6 Å². The summed E-state index contributed by atoms with van der Waals surface area (Å²) in [6.45, 7) is 3.47. The van der Waals surface area contributed by atoms with E-state index in [1.165, 1.54) is 12.1 Å². The first-order chi connectivity index (χ1) is 12.9. The molecule has 0 radical (unpaired) electrons. The molecule has 0 aliphatic heterocycles. The number of ether oxygens (including phenoxy) is 1. The third-order valence-electron chi connectivity index (χ3n) is 4.33. The standard InChI is InChI=1S/C21H19FN2O3/c1-13-11-18(14(2)24(13)16-9-7-15(22)8-10-16)19(25)12-27-20-6-4-3-5-17(20)21(23)26/h3-11H,12H2,1-2H3,(H2,23,26). The van der Waals surface area contributed by atoms with Crippen LogP contribution in [0.1, 0.15) is 32.1 Å². The molecule has 0 spiro atoms. The quantitative estimate of drug-likeness (QED) is 0.678. The summed E-state index contributed by atoms with van der Waals surface area (Å²) >= 11 is 0. The lowest BCUT2D eigenvalue weighted by atomic mass is 10.1. The molecule has 138 valence electrons. The van der Waals surface area contributed by atoms with Gasteiger partial charge in [-0.05, 0) is 56.3 Å². The number of nitrogens with two attached hydrogens (primary N) is 1. The molecule has 2 aromatic carbocycles. The van der Waals surface area contributed by atoms with Crippen molar-refractivity contribution < 1.29 is 18.7 Å². The summed E-state index contributed by atoms with van der Waals surface area (Å²) < 4.78 is 20.6. The van der Waals surface area contributed by atoms with Crippen LogP contribution in [0.2, 0.25) is 0 Å². The second-order valence-electron chi connectivity index (χ2n) is 6.17. The van der Waals surface area contributed by atoms with Crippen molar-refractivity contribution >= 4 is 11.7 Å². The minimum absolute atomic E-state index is 0.224. The average Bonchev–Trinajstić information content (AvgIpc) is 2.95. The Morgan fingerprint density at radius 2 is 1.70 bits per heavy atom. The molecule has 5 nitrogen and oxygen atoms in total. The molecule has 0 aliphatic carbocycles. The van der Waals surface area contributed by atoms with Crippen molar-refractivity contribution in [1.29, 1.82) is 0 Å². The van der Waals surface area contributed by atoms with Crippen molar-refractivity contribution in [3.63, 3.8) is 0 Å². The second-order valence-corrected chi connectivity index (χ2v) is 6.17. The summed E-state index contributed by atoms with van der Waals surface area (Å²) in [6, 6.07) is 14.3. The number of primary amides is 1. The Balaban J connectivity index is 1.83. The fourth-order valence-corrected chi connectivity index (χ4v) is 3.05. The predicted molar refractivity (Wildman–Crippen MR) is 100.0 cm³/mol. The van der Waals surface area contributed by atoms with Crippen LogP contribution in [-0.2, 0) is 0 Å². The van der Waals surface area contributed by atoms with E-state index in [1.807, 2.05) is 18.4 Å². The van der Waals surface area contributed by atoms with Gasteiger partial charge in [-0.1, -0.05) is 12.1 Å². The van der Waals surface area contributed by atoms with Gasteiger partial charge in [-0.15, -0.1) is 0 Å². The highest BCUT2D eigenvalue weighted by molar-refractivity contribution is 5.99. The molecule has 2 N–H and O–H groups in total. The minimum Gasteiger partial charge on any atom is -0.485 e. The van der Waals surface area contributed by atoms with E-state index in [0.717, 1.165) is 17.1 Å². The number of hydrogen-bond acceptors (Lipinski definition) is 3. The van der Waals surface area contributed by atoms with Gasteiger partial charge in [-0.2, -0.15) is 0 Å². The van der Waals surface area contributed by atoms with E-state index in [0.29, 0.717) is 5.56 Å². The number of carbonyl (C=O) groups is 2. The highest BCUT2D eigenvalue weighted by atomic mass is 19.1. The van der Waals surface area contributed by atoms with Crippen LogP contribution in [0.3, 0.4) is 0 Å². The molecule has 0 saturated carbocycles. The fourth-order valence-electron chi connectivity index (χ4n) is 3.05. The van der Waals surface area contributed by atoms with Gasteiger partial charge >= 0.3 is 0 Å². The van der Waals surface area contributed by atoms with E-state index >= 15 is 0 Å². The van der Waals surface area contributed by atoms with Crippen LogP contribution in [0.4, 0.5) is 4.39 Å². The van der Waals surface area contributed by atoms with Gasteiger partial charge in [0, 0.05) is 22.6 Å². The summed E-state index contributed by atoms with van der Waals surface area (Å²) in [5, 5.41) is 0. The largest absolute Gasteiger partial charge is 0.485 e. The Hall–Kier alpha value is -3.41. The number of benzene rings is 2. The maximum Gasteiger partial charge on any atom is 0.252 e. The molecular formula is C21H19FN2O3. The van der Waals surface area contributed by atoms with Crippen molar-refractivity contribution in [1.82, 2.24) is 4.57 Å². The van der Waals surface area contributed by atoms with Crippen LogP contribution < -0.4 is 10.5 Å². The fraction of sp³-hybridized carbons (Fsp3) is 0.143. The topological polar surface area (TPSA) is 74.3 Å². The maximum atomic E-state index is 13.2. The summed E-state index contributed by atoms with van der Waals surface area (Å²) in [7, 11) is 0. The van der Waals surface area contributed by atoms with Crippen LogP contribution in [0.5, 0.6) is 5.75 Å². The first-order valence-electron chi connectivity index (χ1n) is 8.38. The zero-order valence-electron chi connectivity index (χ0n) is 15.0. The molecular weight excluding hydrogens is 347 g/mol. The van der Waals surface area contributed by atoms with Gasteiger partial charge < -0.3 is 15.0 Å². The van der Waals surface area contributed by atoms with Crippen LogP contribution >= 0.6 is 0 Å². The number of carbonyl (C=O) groups excluding carboxylic acids is 2. The summed E-state index contributed by atoms with van der Waals surface area (Å²) in [5.74, 6) is -0.895. The van der Waals surface area contributed by atoms with Gasteiger partial charge in [0.2, 0.25) is 5.78 Å². The molecule has 3 rings (SSSR count). The zero-order chi connectivity index (χ0) is 19.6. The van der Waals surface area contributed by atoms with Gasteiger partial charge in [0.1, 0.15) is 11.6 Å². The number of rotatable bonds is 6. The number of amides is 1. The van der Waals surface area contributed by atoms with Crippen LogP contribution in [0, 0.1) is 19.7 Å². The van der Waals surface area contributed by atoms with E-state index in [2.05, 4.69) is 0 Å². The lowest BCUT2D eigenvalue weighted by Gasteiger charge is -2.11. The molecule has 0 bridgehead atoms. The van der Waals surface area contributed by atoms with E-state index in [1.54, 1.807) is 42.5 Å². The molecule has 0 fully saturated rings. The Bertz CT molecular complexity index is 1010. The number of Topliss-reactive ketones (excluding diaryl/α,β-unsaturated/α-hetero) is 1. The molecule has 1 heterocycles. The first-order valence-corrected chi connectivity index (χ1v) is 8.38. The highest BCUT2D eigenvalue weighted by Crippen LogP contribution is 2.23. The number of para-hydroxylation sites is 1.